The number of benzene rings is 1. The smallest absolute Gasteiger partial charge is 0.475 e. The third-order valence-electron chi connectivity index (χ3n) is 5.15. The third kappa shape index (κ3) is 6.71. The molecule has 5 N–H and O–H groups in total. The quantitative estimate of drug-likeness (QED) is 0.375. The highest BCUT2D eigenvalue weighted by atomic mass is 35.5. The highest BCUT2D eigenvalue weighted by Crippen LogP contribution is 2.27. The van der Waals surface area contributed by atoms with Crippen molar-refractivity contribution in [3.63, 3.8) is 0 Å². The van der Waals surface area contributed by atoms with E-state index < -0.39 is 18.0 Å². The molecule has 0 bridgehead atoms. The maximum Gasteiger partial charge on any atom is 0.490 e. The standard InChI is InChI=1S/C19H19ClFN7.C2HF3O2/c20-15-7-14(5-6-16(15)21)26-18-8-17(25-13-3-1-12(23)2-4-13)27-19-11(9-22)10-24-28(18)19;3-2(4,5)1(6)7/h5-8,10,12-13,26H,1-4,23H2,(H,25,27);(H,6,7). The molecule has 1 aliphatic rings. The number of carbonyl (C=O) groups is 1. The lowest BCUT2D eigenvalue weighted by atomic mass is 9.92. The van der Waals surface area contributed by atoms with Gasteiger partial charge in [-0.2, -0.15) is 28.0 Å². The molecule has 1 aromatic carbocycles. The monoisotopic (exact) mass is 513 g/mol. The molecule has 0 atom stereocenters. The minimum Gasteiger partial charge on any atom is -0.475 e. The van der Waals surface area contributed by atoms with Crippen molar-refractivity contribution in [2.75, 3.05) is 10.6 Å². The maximum absolute atomic E-state index is 13.4. The molecule has 0 saturated heterocycles. The van der Waals surface area contributed by atoms with Crippen molar-refractivity contribution in [2.45, 2.75) is 43.9 Å². The molecule has 35 heavy (non-hydrogen) atoms. The van der Waals surface area contributed by atoms with Gasteiger partial charge in [-0.25, -0.2) is 14.2 Å². The molecule has 186 valence electrons. The highest BCUT2D eigenvalue weighted by Gasteiger charge is 2.38. The van der Waals surface area contributed by atoms with Gasteiger partial charge in [0.15, 0.2) is 5.65 Å². The van der Waals surface area contributed by atoms with Crippen molar-refractivity contribution < 1.29 is 27.5 Å². The summed E-state index contributed by atoms with van der Waals surface area (Å²) in [4.78, 5) is 13.5. The number of anilines is 3. The highest BCUT2D eigenvalue weighted by molar-refractivity contribution is 6.31. The molecule has 9 nitrogen and oxygen atoms in total. The third-order valence-corrected chi connectivity index (χ3v) is 5.44. The Morgan fingerprint density at radius 1 is 1.26 bits per heavy atom. The van der Waals surface area contributed by atoms with E-state index >= 15 is 0 Å². The Balaban J connectivity index is 0.000000429. The Morgan fingerprint density at radius 3 is 2.49 bits per heavy atom. The Bertz CT molecular complexity index is 1250. The van der Waals surface area contributed by atoms with Gasteiger partial charge in [0.05, 0.1) is 11.2 Å². The number of carboxylic acids is 1. The number of nitrogens with one attached hydrogen (secondary N) is 2. The molecular formula is C21H20ClF4N7O2. The summed E-state index contributed by atoms with van der Waals surface area (Å²) in [5.74, 6) is -2.02. The number of nitrogens with zero attached hydrogens (tertiary/aromatic N) is 4. The Labute approximate surface area is 201 Å². The van der Waals surface area contributed by atoms with Crippen LogP contribution in [-0.4, -0.2) is 43.9 Å². The molecule has 2 aromatic heterocycles. The van der Waals surface area contributed by atoms with Crippen LogP contribution in [0.25, 0.3) is 5.65 Å². The van der Waals surface area contributed by atoms with Crippen LogP contribution in [0.5, 0.6) is 0 Å². The molecule has 4 rings (SSSR count). The fourth-order valence-corrected chi connectivity index (χ4v) is 3.58. The van der Waals surface area contributed by atoms with E-state index in [-0.39, 0.29) is 17.1 Å². The molecule has 1 fully saturated rings. The Kier molecular flexibility index (Phi) is 7.98. The number of nitrogens with two attached hydrogens (primary N) is 1. The lowest BCUT2D eigenvalue weighted by molar-refractivity contribution is -0.192. The number of halogens is 5. The van der Waals surface area contributed by atoms with Crippen molar-refractivity contribution in [3.05, 3.63) is 46.9 Å². The van der Waals surface area contributed by atoms with E-state index in [1.165, 1.54) is 22.8 Å². The minimum atomic E-state index is -5.08. The lowest BCUT2D eigenvalue weighted by Gasteiger charge is -2.27. The molecule has 0 radical (unpaired) electrons. The van der Waals surface area contributed by atoms with Crippen molar-refractivity contribution in [3.8, 4) is 6.07 Å². The number of hydrogen-bond donors (Lipinski definition) is 4. The summed E-state index contributed by atoms with van der Waals surface area (Å²) in [5.41, 5.74) is 7.39. The number of rotatable bonds is 4. The zero-order valence-corrected chi connectivity index (χ0v) is 18.7. The molecular weight excluding hydrogens is 494 g/mol. The van der Waals surface area contributed by atoms with Crippen LogP contribution in [0.4, 0.5) is 34.9 Å². The summed E-state index contributed by atoms with van der Waals surface area (Å²) < 4.78 is 46.7. The summed E-state index contributed by atoms with van der Waals surface area (Å²) in [6.45, 7) is 0. The summed E-state index contributed by atoms with van der Waals surface area (Å²) >= 11 is 5.88. The van der Waals surface area contributed by atoms with E-state index in [0.717, 1.165) is 25.7 Å². The van der Waals surface area contributed by atoms with Crippen molar-refractivity contribution in [1.29, 1.82) is 5.26 Å². The number of aromatic nitrogens is 3. The van der Waals surface area contributed by atoms with Crippen LogP contribution in [0.2, 0.25) is 5.02 Å². The summed E-state index contributed by atoms with van der Waals surface area (Å²) in [5, 5.41) is 27.4. The topological polar surface area (TPSA) is 141 Å². The summed E-state index contributed by atoms with van der Waals surface area (Å²) in [6, 6.07) is 8.81. The molecule has 14 heteroatoms. The summed E-state index contributed by atoms with van der Waals surface area (Å²) in [6.07, 6.45) is 0.252. The van der Waals surface area contributed by atoms with Crippen LogP contribution < -0.4 is 16.4 Å². The molecule has 1 aliphatic carbocycles. The van der Waals surface area contributed by atoms with Crippen molar-refractivity contribution >= 4 is 40.5 Å². The van der Waals surface area contributed by atoms with Crippen LogP contribution in [0.1, 0.15) is 31.2 Å². The first kappa shape index (κ1) is 26.0. The zero-order valence-electron chi connectivity index (χ0n) is 18.0. The largest absolute Gasteiger partial charge is 0.490 e. The van der Waals surface area contributed by atoms with Gasteiger partial charge in [0.25, 0.3) is 0 Å². The number of hydrogen-bond acceptors (Lipinski definition) is 7. The fraction of sp³-hybridized carbons (Fsp3) is 0.333. The average molecular weight is 514 g/mol. The number of fused-ring (bicyclic) bond motifs is 1. The summed E-state index contributed by atoms with van der Waals surface area (Å²) in [7, 11) is 0. The Morgan fingerprint density at radius 2 is 1.91 bits per heavy atom. The lowest BCUT2D eigenvalue weighted by Crippen LogP contribution is -2.33. The molecule has 3 aromatic rings. The van der Waals surface area contributed by atoms with Gasteiger partial charge in [-0.1, -0.05) is 11.6 Å². The molecule has 0 amide bonds. The minimum absolute atomic E-state index is 0.0189. The first-order chi connectivity index (χ1) is 16.5. The van der Waals surface area contributed by atoms with Gasteiger partial charge in [0, 0.05) is 23.8 Å². The van der Waals surface area contributed by atoms with Gasteiger partial charge >= 0.3 is 12.1 Å². The molecule has 2 heterocycles. The van der Waals surface area contributed by atoms with Gasteiger partial charge in [-0.15, -0.1) is 0 Å². The van der Waals surface area contributed by atoms with Gasteiger partial charge in [0.1, 0.15) is 29.1 Å². The van der Waals surface area contributed by atoms with E-state index in [1.807, 2.05) is 6.07 Å². The Hall–Kier alpha value is -3.63. The number of alkyl halides is 3. The van der Waals surface area contributed by atoms with Crippen LogP contribution >= 0.6 is 11.6 Å². The molecule has 0 aliphatic heterocycles. The maximum atomic E-state index is 13.4. The van der Waals surface area contributed by atoms with E-state index in [0.29, 0.717) is 28.5 Å². The normalized spacial score (nSPS) is 17.7. The second-order valence-electron chi connectivity index (χ2n) is 7.74. The second-order valence-corrected chi connectivity index (χ2v) is 8.15. The molecule has 0 spiro atoms. The van der Waals surface area contributed by atoms with Crippen molar-refractivity contribution in [1.82, 2.24) is 14.6 Å². The first-order valence-electron chi connectivity index (χ1n) is 10.3. The predicted octanol–water partition coefficient (Wildman–Crippen LogP) is 4.45. The van der Waals surface area contributed by atoms with Crippen LogP contribution in [-0.2, 0) is 4.79 Å². The van der Waals surface area contributed by atoms with Crippen molar-refractivity contribution in [2.24, 2.45) is 5.73 Å². The van der Waals surface area contributed by atoms with Crippen LogP contribution in [0.15, 0.2) is 30.5 Å². The number of aliphatic carboxylic acids is 1. The van der Waals surface area contributed by atoms with E-state index in [1.54, 1.807) is 6.07 Å². The van der Waals surface area contributed by atoms with Gasteiger partial charge in [-0.05, 0) is 43.9 Å². The van der Waals surface area contributed by atoms with Gasteiger partial charge in [0.2, 0.25) is 0 Å². The molecule has 1 saturated carbocycles. The molecule has 0 unspecified atom stereocenters. The fourth-order valence-electron chi connectivity index (χ4n) is 3.40. The van der Waals surface area contributed by atoms with E-state index in [4.69, 9.17) is 27.2 Å². The number of nitriles is 1. The SMILES string of the molecule is N#Cc1cnn2c(Nc3ccc(F)c(Cl)c3)cc(NC3CCC(N)CC3)nc12.O=C(O)C(F)(F)F. The van der Waals surface area contributed by atoms with E-state index in [2.05, 4.69) is 26.8 Å². The van der Waals surface area contributed by atoms with E-state index in [9.17, 15) is 22.8 Å². The number of carboxylic acid groups (broad SMARTS) is 1. The van der Waals surface area contributed by atoms with Gasteiger partial charge < -0.3 is 21.5 Å². The average Bonchev–Trinajstić information content (AvgIpc) is 3.21. The first-order valence-corrected chi connectivity index (χ1v) is 10.7. The zero-order chi connectivity index (χ0) is 25.8. The van der Waals surface area contributed by atoms with Gasteiger partial charge in [-0.3, -0.25) is 0 Å². The van der Waals surface area contributed by atoms with Crippen LogP contribution in [0, 0.1) is 17.1 Å². The second kappa shape index (κ2) is 10.7. The van der Waals surface area contributed by atoms with Crippen LogP contribution in [0.3, 0.4) is 0 Å². The predicted molar refractivity (Wildman–Crippen MR) is 120 cm³/mol.